The monoisotopic (exact) mass is 225 g/mol. The first-order valence-corrected chi connectivity index (χ1v) is 6.30. The molecule has 0 aromatic rings. The number of likely N-dealkylation sites (tertiary alicyclic amines) is 1. The molecule has 4 unspecified atom stereocenters. The third kappa shape index (κ3) is 1.64. The maximum atomic E-state index is 12.1. The molecule has 0 spiro atoms. The van der Waals surface area contributed by atoms with E-state index in [9.17, 15) is 9.90 Å². The van der Waals surface area contributed by atoms with Gasteiger partial charge in [0.15, 0.2) is 0 Å². The second-order valence-corrected chi connectivity index (χ2v) is 5.37. The third-order valence-electron chi connectivity index (χ3n) is 4.41. The van der Waals surface area contributed by atoms with Gasteiger partial charge in [0, 0.05) is 25.6 Å². The van der Waals surface area contributed by atoms with Crippen LogP contribution in [0, 0.1) is 17.8 Å². The van der Waals surface area contributed by atoms with E-state index in [1.54, 1.807) is 0 Å². The van der Waals surface area contributed by atoms with Gasteiger partial charge in [-0.25, -0.2) is 0 Å². The summed E-state index contributed by atoms with van der Waals surface area (Å²) in [5.74, 6) is 1.21. The van der Waals surface area contributed by atoms with Crippen molar-refractivity contribution < 1.29 is 14.6 Å². The van der Waals surface area contributed by atoms with E-state index >= 15 is 0 Å². The fourth-order valence-corrected chi connectivity index (χ4v) is 3.40. The van der Waals surface area contributed by atoms with Crippen LogP contribution in [0.3, 0.4) is 0 Å². The Labute approximate surface area is 95.6 Å². The fraction of sp³-hybridized carbons (Fsp3) is 0.917. The van der Waals surface area contributed by atoms with E-state index < -0.39 is 0 Å². The molecule has 0 aromatic carbocycles. The average Bonchev–Trinajstić information content (AvgIpc) is 2.96. The second-order valence-electron chi connectivity index (χ2n) is 5.37. The molecule has 2 saturated heterocycles. The van der Waals surface area contributed by atoms with Crippen LogP contribution in [0.5, 0.6) is 0 Å². The summed E-state index contributed by atoms with van der Waals surface area (Å²) in [6.07, 6.45) is 2.69. The quantitative estimate of drug-likeness (QED) is 0.696. The van der Waals surface area contributed by atoms with E-state index in [4.69, 9.17) is 4.74 Å². The summed E-state index contributed by atoms with van der Waals surface area (Å²) in [4.78, 5) is 14.1. The van der Waals surface area contributed by atoms with Crippen molar-refractivity contribution >= 4 is 5.91 Å². The lowest BCUT2D eigenvalue weighted by Gasteiger charge is -2.21. The molecule has 1 saturated carbocycles. The SMILES string of the molecule is O=C(C1CCOC1)N1CC2CCC(O)C2C1. The molecule has 2 aliphatic heterocycles. The highest BCUT2D eigenvalue weighted by atomic mass is 16.5. The Balaban J connectivity index is 1.63. The van der Waals surface area contributed by atoms with Gasteiger partial charge in [-0.05, 0) is 25.2 Å². The zero-order chi connectivity index (χ0) is 11.1. The number of hydrogen-bond donors (Lipinski definition) is 1. The minimum Gasteiger partial charge on any atom is -0.393 e. The number of carbonyl (C=O) groups excluding carboxylic acids is 1. The Morgan fingerprint density at radius 2 is 2.12 bits per heavy atom. The summed E-state index contributed by atoms with van der Waals surface area (Å²) < 4.78 is 5.26. The Bertz CT molecular complexity index is 288. The van der Waals surface area contributed by atoms with Crippen LogP contribution in [0.25, 0.3) is 0 Å². The number of hydrogen-bond acceptors (Lipinski definition) is 3. The topological polar surface area (TPSA) is 49.8 Å². The van der Waals surface area contributed by atoms with E-state index in [1.165, 1.54) is 0 Å². The average molecular weight is 225 g/mol. The van der Waals surface area contributed by atoms with E-state index in [0.717, 1.165) is 39.0 Å². The summed E-state index contributed by atoms with van der Waals surface area (Å²) in [5.41, 5.74) is 0. The number of amides is 1. The first kappa shape index (κ1) is 10.5. The summed E-state index contributed by atoms with van der Waals surface area (Å²) in [7, 11) is 0. The Morgan fingerprint density at radius 1 is 1.25 bits per heavy atom. The van der Waals surface area contributed by atoms with Crippen molar-refractivity contribution in [2.24, 2.45) is 17.8 Å². The summed E-state index contributed by atoms with van der Waals surface area (Å²) in [6, 6.07) is 0. The molecule has 3 fully saturated rings. The highest BCUT2D eigenvalue weighted by Crippen LogP contribution is 2.38. The molecule has 0 radical (unpaired) electrons. The first-order valence-electron chi connectivity index (χ1n) is 6.30. The third-order valence-corrected chi connectivity index (χ3v) is 4.41. The van der Waals surface area contributed by atoms with Gasteiger partial charge in [-0.3, -0.25) is 4.79 Å². The van der Waals surface area contributed by atoms with Crippen molar-refractivity contribution in [3.63, 3.8) is 0 Å². The van der Waals surface area contributed by atoms with Crippen molar-refractivity contribution in [3.05, 3.63) is 0 Å². The standard InChI is InChI=1S/C12H19NO3/c14-11-2-1-8-5-13(6-10(8)11)12(15)9-3-4-16-7-9/h8-11,14H,1-7H2. The largest absolute Gasteiger partial charge is 0.393 e. The molecule has 3 aliphatic rings. The van der Waals surface area contributed by atoms with Crippen LogP contribution in [-0.2, 0) is 9.53 Å². The Morgan fingerprint density at radius 3 is 2.81 bits per heavy atom. The number of carbonyl (C=O) groups is 1. The molecule has 1 aliphatic carbocycles. The van der Waals surface area contributed by atoms with E-state index in [1.807, 2.05) is 4.90 Å². The van der Waals surface area contributed by atoms with E-state index in [2.05, 4.69) is 0 Å². The van der Waals surface area contributed by atoms with Gasteiger partial charge in [0.2, 0.25) is 5.91 Å². The highest BCUT2D eigenvalue weighted by molar-refractivity contribution is 5.79. The molecule has 1 amide bonds. The maximum absolute atomic E-state index is 12.1. The minimum atomic E-state index is -0.178. The predicted octanol–water partition coefficient (Wildman–Crippen LogP) is 0.252. The molecule has 4 atom stereocenters. The van der Waals surface area contributed by atoms with Crippen LogP contribution in [0.2, 0.25) is 0 Å². The zero-order valence-electron chi connectivity index (χ0n) is 9.47. The minimum absolute atomic E-state index is 0.0796. The Hall–Kier alpha value is -0.610. The normalized spacial score (nSPS) is 42.7. The summed E-state index contributed by atoms with van der Waals surface area (Å²) in [5, 5.41) is 9.80. The van der Waals surface area contributed by atoms with Gasteiger partial charge < -0.3 is 14.7 Å². The predicted molar refractivity (Wildman–Crippen MR) is 57.7 cm³/mol. The number of nitrogens with zero attached hydrogens (tertiary/aromatic N) is 1. The van der Waals surface area contributed by atoms with Crippen molar-refractivity contribution in [3.8, 4) is 0 Å². The molecule has 2 heterocycles. The lowest BCUT2D eigenvalue weighted by atomic mass is 10.00. The molecule has 4 nitrogen and oxygen atoms in total. The van der Waals surface area contributed by atoms with Gasteiger partial charge in [0.1, 0.15) is 0 Å². The second kappa shape index (κ2) is 4.00. The van der Waals surface area contributed by atoms with Gasteiger partial charge in [-0.15, -0.1) is 0 Å². The molecule has 1 N–H and O–H groups in total. The van der Waals surface area contributed by atoms with E-state index in [0.29, 0.717) is 18.4 Å². The van der Waals surface area contributed by atoms with Gasteiger partial charge in [0.05, 0.1) is 18.6 Å². The van der Waals surface area contributed by atoms with Gasteiger partial charge in [-0.2, -0.15) is 0 Å². The lowest BCUT2D eigenvalue weighted by molar-refractivity contribution is -0.134. The van der Waals surface area contributed by atoms with Crippen LogP contribution in [0.1, 0.15) is 19.3 Å². The molecule has 4 heteroatoms. The maximum Gasteiger partial charge on any atom is 0.228 e. The van der Waals surface area contributed by atoms with Gasteiger partial charge >= 0.3 is 0 Å². The molecule has 0 bridgehead atoms. The van der Waals surface area contributed by atoms with Gasteiger partial charge in [0.25, 0.3) is 0 Å². The number of aliphatic hydroxyl groups is 1. The molecule has 0 aromatic heterocycles. The molecule has 3 rings (SSSR count). The smallest absolute Gasteiger partial charge is 0.228 e. The lowest BCUT2D eigenvalue weighted by Crippen LogP contribution is -2.36. The van der Waals surface area contributed by atoms with Crippen LogP contribution >= 0.6 is 0 Å². The zero-order valence-corrected chi connectivity index (χ0v) is 9.47. The highest BCUT2D eigenvalue weighted by Gasteiger charge is 2.44. The first-order chi connectivity index (χ1) is 7.75. The van der Waals surface area contributed by atoms with Crippen LogP contribution in [0.4, 0.5) is 0 Å². The van der Waals surface area contributed by atoms with Crippen LogP contribution < -0.4 is 0 Å². The molecular weight excluding hydrogens is 206 g/mol. The summed E-state index contributed by atoms with van der Waals surface area (Å²) >= 11 is 0. The number of rotatable bonds is 1. The van der Waals surface area contributed by atoms with Crippen molar-refractivity contribution in [2.45, 2.75) is 25.4 Å². The number of aliphatic hydroxyl groups excluding tert-OH is 1. The van der Waals surface area contributed by atoms with Gasteiger partial charge in [-0.1, -0.05) is 0 Å². The molecular formula is C12H19NO3. The van der Waals surface area contributed by atoms with Crippen molar-refractivity contribution in [1.82, 2.24) is 4.90 Å². The molecule has 16 heavy (non-hydrogen) atoms. The fourth-order valence-electron chi connectivity index (χ4n) is 3.40. The summed E-state index contributed by atoms with van der Waals surface area (Å²) in [6.45, 7) is 2.94. The van der Waals surface area contributed by atoms with Crippen LogP contribution in [0.15, 0.2) is 0 Å². The van der Waals surface area contributed by atoms with Crippen molar-refractivity contribution in [1.29, 1.82) is 0 Å². The Kier molecular flexibility index (Phi) is 2.64. The van der Waals surface area contributed by atoms with Crippen molar-refractivity contribution in [2.75, 3.05) is 26.3 Å². The molecule has 90 valence electrons. The van der Waals surface area contributed by atoms with Crippen LogP contribution in [-0.4, -0.2) is 48.3 Å². The number of ether oxygens (including phenoxy) is 1. The number of fused-ring (bicyclic) bond motifs is 1. The van der Waals surface area contributed by atoms with E-state index in [-0.39, 0.29) is 17.9 Å².